The summed E-state index contributed by atoms with van der Waals surface area (Å²) in [7, 11) is 3.90. The molecule has 0 aromatic carbocycles. The standard InChI is InChI=1S/C13H20N4O/c1-16-8-7-15-11(10-16)9-13(18)17(2)12-3-5-14-6-4-12/h3-6,11,15H,7-10H2,1-2H3. The predicted molar refractivity (Wildman–Crippen MR) is 71.6 cm³/mol. The lowest BCUT2D eigenvalue weighted by molar-refractivity contribution is -0.119. The van der Waals surface area contributed by atoms with E-state index < -0.39 is 0 Å². The number of anilines is 1. The van der Waals surface area contributed by atoms with E-state index in [1.165, 1.54) is 0 Å². The van der Waals surface area contributed by atoms with Crippen LogP contribution in [0, 0.1) is 0 Å². The van der Waals surface area contributed by atoms with Gasteiger partial charge in [0.1, 0.15) is 0 Å². The van der Waals surface area contributed by atoms with Crippen LogP contribution in [0.4, 0.5) is 5.69 Å². The highest BCUT2D eigenvalue weighted by Gasteiger charge is 2.21. The van der Waals surface area contributed by atoms with Crippen LogP contribution in [0.5, 0.6) is 0 Å². The first kappa shape index (κ1) is 13.0. The van der Waals surface area contributed by atoms with Crippen molar-refractivity contribution in [2.75, 3.05) is 38.6 Å². The second-order valence-electron chi connectivity index (χ2n) is 4.78. The van der Waals surface area contributed by atoms with Crippen molar-refractivity contribution in [3.63, 3.8) is 0 Å². The van der Waals surface area contributed by atoms with Crippen LogP contribution < -0.4 is 10.2 Å². The van der Waals surface area contributed by atoms with Gasteiger partial charge in [0.25, 0.3) is 0 Å². The number of carbonyl (C=O) groups is 1. The van der Waals surface area contributed by atoms with Crippen molar-refractivity contribution in [3.8, 4) is 0 Å². The highest BCUT2D eigenvalue weighted by molar-refractivity contribution is 5.93. The molecule has 5 heteroatoms. The minimum atomic E-state index is 0.133. The number of likely N-dealkylation sites (N-methyl/N-ethyl adjacent to an activating group) is 1. The Morgan fingerprint density at radius 2 is 2.28 bits per heavy atom. The highest BCUT2D eigenvalue weighted by Crippen LogP contribution is 2.12. The summed E-state index contributed by atoms with van der Waals surface area (Å²) >= 11 is 0. The van der Waals surface area contributed by atoms with Crippen LogP contribution in [0.1, 0.15) is 6.42 Å². The summed E-state index contributed by atoms with van der Waals surface area (Å²) in [6, 6.07) is 3.94. The van der Waals surface area contributed by atoms with Gasteiger partial charge in [0.2, 0.25) is 5.91 Å². The van der Waals surface area contributed by atoms with Crippen molar-refractivity contribution in [1.82, 2.24) is 15.2 Å². The third kappa shape index (κ3) is 3.27. The quantitative estimate of drug-likeness (QED) is 0.838. The zero-order chi connectivity index (χ0) is 13.0. The first-order chi connectivity index (χ1) is 8.66. The Balaban J connectivity index is 1.91. The van der Waals surface area contributed by atoms with E-state index in [0.29, 0.717) is 6.42 Å². The number of aromatic nitrogens is 1. The Bertz CT molecular complexity index is 395. The lowest BCUT2D eigenvalue weighted by Crippen LogP contribution is -2.50. The molecule has 1 aromatic heterocycles. The van der Waals surface area contributed by atoms with Crippen molar-refractivity contribution in [2.45, 2.75) is 12.5 Å². The largest absolute Gasteiger partial charge is 0.315 e. The molecule has 1 aliphatic heterocycles. The van der Waals surface area contributed by atoms with Crippen molar-refractivity contribution < 1.29 is 4.79 Å². The normalized spacial score (nSPS) is 20.7. The third-order valence-electron chi connectivity index (χ3n) is 3.30. The Morgan fingerprint density at radius 1 is 1.56 bits per heavy atom. The van der Waals surface area contributed by atoms with E-state index in [9.17, 15) is 4.79 Å². The molecule has 1 aliphatic rings. The molecule has 0 saturated carbocycles. The maximum absolute atomic E-state index is 12.2. The second-order valence-corrected chi connectivity index (χ2v) is 4.78. The number of nitrogens with one attached hydrogen (secondary N) is 1. The molecule has 18 heavy (non-hydrogen) atoms. The first-order valence-electron chi connectivity index (χ1n) is 6.25. The summed E-state index contributed by atoms with van der Waals surface area (Å²) in [5.74, 6) is 0.133. The summed E-state index contributed by atoms with van der Waals surface area (Å²) in [4.78, 5) is 20.1. The molecular formula is C13H20N4O. The molecule has 0 bridgehead atoms. The second kappa shape index (κ2) is 5.93. The predicted octanol–water partition coefficient (Wildman–Crippen LogP) is 0.338. The molecule has 2 heterocycles. The molecule has 1 aromatic rings. The average molecular weight is 248 g/mol. The van der Waals surface area contributed by atoms with E-state index in [4.69, 9.17) is 0 Å². The fourth-order valence-corrected chi connectivity index (χ4v) is 2.19. The van der Waals surface area contributed by atoms with Gasteiger partial charge in [0, 0.05) is 57.2 Å². The number of amides is 1. The van der Waals surface area contributed by atoms with E-state index >= 15 is 0 Å². The molecule has 0 aliphatic carbocycles. The summed E-state index contributed by atoms with van der Waals surface area (Å²) in [5, 5.41) is 3.39. The highest BCUT2D eigenvalue weighted by atomic mass is 16.2. The minimum absolute atomic E-state index is 0.133. The number of nitrogens with zero attached hydrogens (tertiary/aromatic N) is 3. The number of hydrogen-bond donors (Lipinski definition) is 1. The molecule has 1 fully saturated rings. The summed E-state index contributed by atoms with van der Waals surface area (Å²) in [6.07, 6.45) is 3.93. The van der Waals surface area contributed by atoms with Gasteiger partial charge in [-0.15, -0.1) is 0 Å². The van der Waals surface area contributed by atoms with E-state index in [0.717, 1.165) is 25.3 Å². The van der Waals surface area contributed by atoms with Gasteiger partial charge in [0.15, 0.2) is 0 Å². The van der Waals surface area contributed by atoms with Crippen molar-refractivity contribution in [3.05, 3.63) is 24.5 Å². The lowest BCUT2D eigenvalue weighted by Gasteiger charge is -2.31. The molecule has 1 N–H and O–H groups in total. The fraction of sp³-hybridized carbons (Fsp3) is 0.538. The van der Waals surface area contributed by atoms with Crippen LogP contribution in [0.15, 0.2) is 24.5 Å². The van der Waals surface area contributed by atoms with Gasteiger partial charge in [-0.1, -0.05) is 0 Å². The van der Waals surface area contributed by atoms with Crippen molar-refractivity contribution >= 4 is 11.6 Å². The van der Waals surface area contributed by atoms with Crippen molar-refractivity contribution in [2.24, 2.45) is 0 Å². The molecule has 2 rings (SSSR count). The zero-order valence-electron chi connectivity index (χ0n) is 11.0. The van der Waals surface area contributed by atoms with E-state index in [2.05, 4.69) is 22.2 Å². The summed E-state index contributed by atoms with van der Waals surface area (Å²) in [5.41, 5.74) is 0.888. The number of carbonyl (C=O) groups excluding carboxylic acids is 1. The van der Waals surface area contributed by atoms with E-state index in [-0.39, 0.29) is 11.9 Å². The minimum Gasteiger partial charge on any atom is -0.315 e. The Labute approximate surface area is 108 Å². The van der Waals surface area contributed by atoms with Crippen LogP contribution in [-0.2, 0) is 4.79 Å². The monoisotopic (exact) mass is 248 g/mol. The Morgan fingerprint density at radius 3 is 2.94 bits per heavy atom. The average Bonchev–Trinajstić information content (AvgIpc) is 2.39. The van der Waals surface area contributed by atoms with Crippen molar-refractivity contribution in [1.29, 1.82) is 0 Å². The molecule has 1 amide bonds. The molecule has 5 nitrogen and oxygen atoms in total. The molecular weight excluding hydrogens is 228 g/mol. The fourth-order valence-electron chi connectivity index (χ4n) is 2.19. The maximum Gasteiger partial charge on any atom is 0.228 e. The van der Waals surface area contributed by atoms with Crippen LogP contribution in [0.25, 0.3) is 0 Å². The number of rotatable bonds is 3. The maximum atomic E-state index is 12.2. The van der Waals surface area contributed by atoms with E-state index in [1.807, 2.05) is 19.2 Å². The zero-order valence-corrected chi connectivity index (χ0v) is 11.0. The van der Waals surface area contributed by atoms with Crippen LogP contribution >= 0.6 is 0 Å². The van der Waals surface area contributed by atoms with Gasteiger partial charge in [-0.05, 0) is 19.2 Å². The van der Waals surface area contributed by atoms with Gasteiger partial charge in [-0.2, -0.15) is 0 Å². The lowest BCUT2D eigenvalue weighted by atomic mass is 10.1. The Kier molecular flexibility index (Phi) is 4.28. The van der Waals surface area contributed by atoms with Gasteiger partial charge in [0.05, 0.1) is 0 Å². The molecule has 0 radical (unpaired) electrons. The number of piperazine rings is 1. The SMILES string of the molecule is CN1CCNC(CC(=O)N(C)c2ccncc2)C1. The van der Waals surface area contributed by atoms with Gasteiger partial charge in [-0.25, -0.2) is 0 Å². The van der Waals surface area contributed by atoms with E-state index in [1.54, 1.807) is 17.3 Å². The molecule has 0 spiro atoms. The summed E-state index contributed by atoms with van der Waals surface area (Å²) in [6.45, 7) is 2.92. The van der Waals surface area contributed by atoms with Crippen LogP contribution in [0.2, 0.25) is 0 Å². The topological polar surface area (TPSA) is 48.5 Å². The van der Waals surface area contributed by atoms with Gasteiger partial charge in [-0.3, -0.25) is 9.78 Å². The first-order valence-corrected chi connectivity index (χ1v) is 6.25. The molecule has 1 unspecified atom stereocenters. The van der Waals surface area contributed by atoms with Crippen LogP contribution in [0.3, 0.4) is 0 Å². The number of pyridine rings is 1. The Hall–Kier alpha value is -1.46. The number of hydrogen-bond acceptors (Lipinski definition) is 4. The van der Waals surface area contributed by atoms with Crippen LogP contribution in [-0.4, -0.2) is 55.6 Å². The molecule has 98 valence electrons. The molecule has 1 saturated heterocycles. The van der Waals surface area contributed by atoms with Gasteiger partial charge < -0.3 is 15.1 Å². The van der Waals surface area contributed by atoms with Gasteiger partial charge >= 0.3 is 0 Å². The third-order valence-corrected chi connectivity index (χ3v) is 3.30. The molecule has 1 atom stereocenters. The summed E-state index contributed by atoms with van der Waals surface area (Å²) < 4.78 is 0. The smallest absolute Gasteiger partial charge is 0.228 e.